The summed E-state index contributed by atoms with van der Waals surface area (Å²) in [5.41, 5.74) is 4.52. The Balaban J connectivity index is 0.000000328. The minimum atomic E-state index is -1.83. The van der Waals surface area contributed by atoms with Crippen LogP contribution >= 0.6 is 11.6 Å². The first kappa shape index (κ1) is 15.2. The molecule has 1 aromatic rings. The summed E-state index contributed by atoms with van der Waals surface area (Å²) < 4.78 is 0. The van der Waals surface area contributed by atoms with E-state index in [-0.39, 0.29) is 0 Å². The fourth-order valence-electron chi connectivity index (χ4n) is 3.34. The predicted octanol–water partition coefficient (Wildman–Crippen LogP) is 5.10. The Kier molecular flexibility index (Phi) is 5.30. The smallest absolute Gasteiger partial charge is 0.450 e. The van der Waals surface area contributed by atoms with Gasteiger partial charge >= 0.3 is 6.16 Å². The van der Waals surface area contributed by atoms with Crippen molar-refractivity contribution in [3.63, 3.8) is 0 Å². The number of fused-ring (bicyclic) bond motifs is 1. The third-order valence-corrected chi connectivity index (χ3v) is 4.58. The number of halogens is 1. The van der Waals surface area contributed by atoms with E-state index in [0.29, 0.717) is 0 Å². The summed E-state index contributed by atoms with van der Waals surface area (Å²) >= 11 is 6.44. The van der Waals surface area contributed by atoms with Crippen molar-refractivity contribution in [2.45, 2.75) is 57.3 Å². The van der Waals surface area contributed by atoms with E-state index in [0.717, 1.165) is 10.9 Å². The average molecular weight is 297 g/mol. The molecule has 0 aromatic heterocycles. The van der Waals surface area contributed by atoms with Crippen LogP contribution in [0.5, 0.6) is 0 Å². The van der Waals surface area contributed by atoms with E-state index in [1.807, 2.05) is 0 Å². The lowest BCUT2D eigenvalue weighted by atomic mass is 9.83. The van der Waals surface area contributed by atoms with Crippen molar-refractivity contribution in [2.24, 2.45) is 0 Å². The molecule has 1 aromatic carbocycles. The normalized spacial score (nSPS) is 18.1. The van der Waals surface area contributed by atoms with Crippen molar-refractivity contribution in [2.75, 3.05) is 0 Å². The minimum Gasteiger partial charge on any atom is -0.450 e. The Hall–Kier alpha value is -1.22. The summed E-state index contributed by atoms with van der Waals surface area (Å²) in [6, 6.07) is 4.66. The lowest BCUT2D eigenvalue weighted by molar-refractivity contribution is 0.137. The molecule has 110 valence electrons. The molecule has 4 heteroatoms. The fraction of sp³-hybridized carbons (Fsp3) is 0.562. The first-order valence-electron chi connectivity index (χ1n) is 7.31. The Morgan fingerprint density at radius 2 is 1.55 bits per heavy atom. The summed E-state index contributed by atoms with van der Waals surface area (Å²) in [7, 11) is 0. The SMILES string of the molecule is Clc1cc2c(cc1C1CCCCC1)CCC2.O=C(O)O. The third kappa shape index (κ3) is 3.89. The topological polar surface area (TPSA) is 57.5 Å². The number of rotatable bonds is 1. The highest BCUT2D eigenvalue weighted by Gasteiger charge is 2.21. The van der Waals surface area contributed by atoms with Crippen molar-refractivity contribution in [3.05, 3.63) is 33.8 Å². The summed E-state index contributed by atoms with van der Waals surface area (Å²) in [4.78, 5) is 8.56. The van der Waals surface area contributed by atoms with Crippen molar-refractivity contribution >= 4 is 17.8 Å². The van der Waals surface area contributed by atoms with Gasteiger partial charge in [0.05, 0.1) is 0 Å². The summed E-state index contributed by atoms with van der Waals surface area (Å²) in [6.45, 7) is 0. The van der Waals surface area contributed by atoms with Gasteiger partial charge < -0.3 is 10.2 Å². The highest BCUT2D eigenvalue weighted by molar-refractivity contribution is 6.31. The summed E-state index contributed by atoms with van der Waals surface area (Å²) in [5.74, 6) is 0.743. The fourth-order valence-corrected chi connectivity index (χ4v) is 3.68. The van der Waals surface area contributed by atoms with Crippen LogP contribution in [-0.4, -0.2) is 16.4 Å². The van der Waals surface area contributed by atoms with Gasteiger partial charge in [0, 0.05) is 5.02 Å². The molecule has 2 aliphatic rings. The van der Waals surface area contributed by atoms with E-state index in [1.165, 1.54) is 62.5 Å². The second-order valence-electron chi connectivity index (χ2n) is 5.61. The summed E-state index contributed by atoms with van der Waals surface area (Å²) in [6.07, 6.45) is 8.87. The van der Waals surface area contributed by atoms with E-state index in [4.69, 9.17) is 26.6 Å². The van der Waals surface area contributed by atoms with Crippen molar-refractivity contribution in [1.29, 1.82) is 0 Å². The van der Waals surface area contributed by atoms with Gasteiger partial charge in [0.1, 0.15) is 0 Å². The minimum absolute atomic E-state index is 0.743. The van der Waals surface area contributed by atoms with Gasteiger partial charge in [-0.15, -0.1) is 0 Å². The zero-order chi connectivity index (χ0) is 14.5. The van der Waals surface area contributed by atoms with E-state index < -0.39 is 6.16 Å². The number of carboxylic acid groups (broad SMARTS) is 2. The Morgan fingerprint density at radius 3 is 2.15 bits per heavy atom. The Bertz CT molecular complexity index is 475. The van der Waals surface area contributed by atoms with Gasteiger partial charge in [-0.25, -0.2) is 4.79 Å². The third-order valence-electron chi connectivity index (χ3n) is 4.26. The van der Waals surface area contributed by atoms with Gasteiger partial charge in [-0.1, -0.05) is 36.9 Å². The molecular formula is C16H21ClO3. The van der Waals surface area contributed by atoms with Crippen LogP contribution in [0.1, 0.15) is 61.1 Å². The predicted molar refractivity (Wildman–Crippen MR) is 80.0 cm³/mol. The van der Waals surface area contributed by atoms with Gasteiger partial charge in [0.2, 0.25) is 0 Å². The molecule has 0 bridgehead atoms. The van der Waals surface area contributed by atoms with Gasteiger partial charge in [-0.3, -0.25) is 0 Å². The molecule has 1 fully saturated rings. The molecule has 3 rings (SSSR count). The number of aryl methyl sites for hydroxylation is 2. The molecule has 0 amide bonds. The maximum Gasteiger partial charge on any atom is 0.503 e. The van der Waals surface area contributed by atoms with E-state index in [1.54, 1.807) is 5.56 Å². The largest absolute Gasteiger partial charge is 0.503 e. The molecule has 0 radical (unpaired) electrons. The molecule has 1 saturated carbocycles. The second-order valence-corrected chi connectivity index (χ2v) is 6.02. The maximum absolute atomic E-state index is 8.56. The van der Waals surface area contributed by atoms with Crippen LogP contribution in [0.2, 0.25) is 5.02 Å². The van der Waals surface area contributed by atoms with Crippen molar-refractivity contribution in [1.82, 2.24) is 0 Å². The van der Waals surface area contributed by atoms with E-state index in [9.17, 15) is 0 Å². The summed E-state index contributed by atoms with van der Waals surface area (Å²) in [5, 5.41) is 15.0. The van der Waals surface area contributed by atoms with Gasteiger partial charge in [-0.05, 0) is 60.8 Å². The molecule has 20 heavy (non-hydrogen) atoms. The van der Waals surface area contributed by atoms with Gasteiger partial charge in [-0.2, -0.15) is 0 Å². The van der Waals surface area contributed by atoms with Crippen LogP contribution in [0.4, 0.5) is 4.79 Å². The zero-order valence-corrected chi connectivity index (χ0v) is 12.3. The molecule has 0 aliphatic heterocycles. The van der Waals surface area contributed by atoms with Crippen LogP contribution in [0.15, 0.2) is 12.1 Å². The number of hydrogen-bond donors (Lipinski definition) is 2. The number of benzene rings is 1. The van der Waals surface area contributed by atoms with Crippen molar-refractivity contribution < 1.29 is 15.0 Å². The molecule has 2 aliphatic carbocycles. The average Bonchev–Trinajstić information content (AvgIpc) is 2.85. The molecule has 0 unspecified atom stereocenters. The van der Waals surface area contributed by atoms with Crippen LogP contribution in [-0.2, 0) is 12.8 Å². The molecule has 3 nitrogen and oxygen atoms in total. The first-order chi connectivity index (χ1) is 9.58. The highest BCUT2D eigenvalue weighted by atomic mass is 35.5. The lowest BCUT2D eigenvalue weighted by Gasteiger charge is -2.23. The maximum atomic E-state index is 8.56. The molecular weight excluding hydrogens is 276 g/mol. The van der Waals surface area contributed by atoms with E-state index in [2.05, 4.69) is 12.1 Å². The zero-order valence-electron chi connectivity index (χ0n) is 11.6. The molecule has 0 saturated heterocycles. The molecule has 0 heterocycles. The van der Waals surface area contributed by atoms with Crippen LogP contribution in [0.3, 0.4) is 0 Å². The Morgan fingerprint density at radius 1 is 1.00 bits per heavy atom. The quantitative estimate of drug-likeness (QED) is 0.758. The standard InChI is InChI=1S/C15H19Cl.CH2O3/c16-15-10-13-8-4-7-12(13)9-14(15)11-5-2-1-3-6-11;2-1(3)4/h9-11H,1-8H2;(H2,2,3,4). The monoisotopic (exact) mass is 296 g/mol. The lowest BCUT2D eigenvalue weighted by Crippen LogP contribution is -2.05. The second kappa shape index (κ2) is 6.98. The van der Waals surface area contributed by atoms with Crippen molar-refractivity contribution in [3.8, 4) is 0 Å². The number of hydrogen-bond acceptors (Lipinski definition) is 1. The molecule has 2 N–H and O–H groups in total. The van der Waals surface area contributed by atoms with Gasteiger partial charge in [0.25, 0.3) is 0 Å². The number of carbonyl (C=O) groups is 1. The Labute approximate surface area is 124 Å². The van der Waals surface area contributed by atoms with Crippen LogP contribution in [0.25, 0.3) is 0 Å². The highest BCUT2D eigenvalue weighted by Crippen LogP contribution is 2.39. The van der Waals surface area contributed by atoms with Gasteiger partial charge in [0.15, 0.2) is 0 Å². The van der Waals surface area contributed by atoms with Crippen LogP contribution < -0.4 is 0 Å². The molecule has 0 spiro atoms. The van der Waals surface area contributed by atoms with Crippen LogP contribution in [0, 0.1) is 0 Å². The molecule has 0 atom stereocenters. The first-order valence-corrected chi connectivity index (χ1v) is 7.69. The van der Waals surface area contributed by atoms with E-state index >= 15 is 0 Å².